The van der Waals surface area contributed by atoms with Crippen LogP contribution in [0.5, 0.6) is 0 Å². The van der Waals surface area contributed by atoms with Crippen molar-refractivity contribution in [1.82, 2.24) is 9.97 Å². The Morgan fingerprint density at radius 3 is 2.50 bits per heavy atom. The molecule has 2 aromatic carbocycles. The summed E-state index contributed by atoms with van der Waals surface area (Å²) < 4.78 is 0. The minimum absolute atomic E-state index is 0.00999. The van der Waals surface area contributed by atoms with Crippen molar-refractivity contribution in [3.63, 3.8) is 0 Å². The van der Waals surface area contributed by atoms with E-state index in [1.165, 1.54) is 11.1 Å². The fourth-order valence-corrected chi connectivity index (χ4v) is 3.57. The topological polar surface area (TPSA) is 58.1 Å². The fourth-order valence-electron chi connectivity index (χ4n) is 3.57. The lowest BCUT2D eigenvalue weighted by Gasteiger charge is -2.23. The van der Waals surface area contributed by atoms with Crippen LogP contribution in [-0.4, -0.2) is 22.4 Å². The van der Waals surface area contributed by atoms with Crippen LogP contribution >= 0.6 is 0 Å². The van der Waals surface area contributed by atoms with E-state index in [4.69, 9.17) is 0 Å². The highest BCUT2D eigenvalue weighted by molar-refractivity contribution is 6.05. The Bertz CT molecular complexity index is 1010. The number of carbonyl (C=O) groups excluding carboxylic acids is 1. The summed E-state index contributed by atoms with van der Waals surface area (Å²) in [5, 5.41) is 3.33. The Balaban J connectivity index is 1.54. The van der Waals surface area contributed by atoms with Gasteiger partial charge in [0.15, 0.2) is 0 Å². The molecular weight excluding hydrogens is 348 g/mol. The Morgan fingerprint density at radius 2 is 1.75 bits per heavy atom. The maximum Gasteiger partial charge on any atom is 0.278 e. The zero-order valence-electron chi connectivity index (χ0n) is 16.4. The molecule has 142 valence electrons. The average Bonchev–Trinajstić information content (AvgIpc) is 3.12. The summed E-state index contributed by atoms with van der Waals surface area (Å²) in [5.41, 5.74) is 4.72. The molecule has 28 heavy (non-hydrogen) atoms. The van der Waals surface area contributed by atoms with Crippen molar-refractivity contribution < 1.29 is 4.79 Å². The highest BCUT2D eigenvalue weighted by Crippen LogP contribution is 2.31. The van der Waals surface area contributed by atoms with E-state index in [-0.39, 0.29) is 11.3 Å². The molecule has 0 unspecified atom stereocenters. The average molecular weight is 372 g/mol. The van der Waals surface area contributed by atoms with E-state index in [0.29, 0.717) is 18.1 Å². The molecule has 1 amide bonds. The Morgan fingerprint density at radius 1 is 1.00 bits per heavy atom. The van der Waals surface area contributed by atoms with Gasteiger partial charge in [0.05, 0.1) is 12.4 Å². The van der Waals surface area contributed by atoms with Gasteiger partial charge < -0.3 is 10.2 Å². The van der Waals surface area contributed by atoms with Crippen LogP contribution in [0.25, 0.3) is 0 Å². The Kier molecular flexibility index (Phi) is 4.59. The van der Waals surface area contributed by atoms with Gasteiger partial charge in [-0.25, -0.2) is 9.97 Å². The molecule has 0 spiro atoms. The third-order valence-electron chi connectivity index (χ3n) is 5.00. The summed E-state index contributed by atoms with van der Waals surface area (Å²) in [6, 6.07) is 16.2. The number of para-hydroxylation sites is 2. The summed E-state index contributed by atoms with van der Waals surface area (Å²) in [5.74, 6) is 0.508. The third kappa shape index (κ3) is 3.48. The maximum absolute atomic E-state index is 12.9. The number of anilines is 3. The van der Waals surface area contributed by atoms with Crippen molar-refractivity contribution >= 4 is 23.1 Å². The standard InChI is InChI=1S/C23H24N4O/c1-23(2,3)17-9-5-6-10-18(17)26-21-15-24-19(14-25-21)22(28)27-13-12-16-8-4-7-11-20(16)27/h4-11,14-15H,12-13H2,1-3H3,(H,25,26). The summed E-state index contributed by atoms with van der Waals surface area (Å²) in [6.45, 7) is 7.21. The number of rotatable bonds is 3. The number of amides is 1. The molecule has 1 aromatic heterocycles. The molecule has 0 atom stereocenters. The normalized spacial score (nSPS) is 13.3. The van der Waals surface area contributed by atoms with Gasteiger partial charge in [-0.2, -0.15) is 0 Å². The maximum atomic E-state index is 12.9. The fraction of sp³-hybridized carbons (Fsp3) is 0.261. The molecule has 1 aliphatic rings. The summed E-state index contributed by atoms with van der Waals surface area (Å²) in [6.07, 6.45) is 4.04. The summed E-state index contributed by atoms with van der Waals surface area (Å²) in [7, 11) is 0. The molecule has 5 heteroatoms. The molecule has 0 aliphatic carbocycles. The molecule has 2 heterocycles. The largest absolute Gasteiger partial charge is 0.339 e. The molecule has 0 saturated carbocycles. The monoisotopic (exact) mass is 372 g/mol. The van der Waals surface area contributed by atoms with E-state index >= 15 is 0 Å². The minimum Gasteiger partial charge on any atom is -0.339 e. The van der Waals surface area contributed by atoms with Gasteiger partial charge in [-0.05, 0) is 35.1 Å². The van der Waals surface area contributed by atoms with Gasteiger partial charge in [0.1, 0.15) is 11.5 Å². The van der Waals surface area contributed by atoms with Crippen molar-refractivity contribution in [3.8, 4) is 0 Å². The van der Waals surface area contributed by atoms with Crippen molar-refractivity contribution in [2.24, 2.45) is 0 Å². The zero-order valence-corrected chi connectivity index (χ0v) is 16.4. The molecule has 0 saturated heterocycles. The van der Waals surface area contributed by atoms with Gasteiger partial charge in [0.25, 0.3) is 5.91 Å². The second-order valence-corrected chi connectivity index (χ2v) is 8.04. The molecule has 0 bridgehead atoms. The van der Waals surface area contributed by atoms with Gasteiger partial charge in [0, 0.05) is 17.9 Å². The van der Waals surface area contributed by atoms with Gasteiger partial charge in [0.2, 0.25) is 0 Å². The number of carbonyl (C=O) groups is 1. The molecule has 4 rings (SSSR count). The predicted octanol–water partition coefficient (Wildman–Crippen LogP) is 4.72. The number of fused-ring (bicyclic) bond motifs is 1. The van der Waals surface area contributed by atoms with Crippen LogP contribution in [0, 0.1) is 0 Å². The second-order valence-electron chi connectivity index (χ2n) is 8.04. The van der Waals surface area contributed by atoms with Crippen molar-refractivity contribution in [3.05, 3.63) is 77.7 Å². The molecule has 0 fully saturated rings. The first-order valence-electron chi connectivity index (χ1n) is 9.52. The second kappa shape index (κ2) is 7.08. The number of hydrogen-bond donors (Lipinski definition) is 1. The van der Waals surface area contributed by atoms with E-state index in [9.17, 15) is 4.79 Å². The Hall–Kier alpha value is -3.21. The number of benzene rings is 2. The van der Waals surface area contributed by atoms with Crippen LogP contribution in [0.1, 0.15) is 42.4 Å². The van der Waals surface area contributed by atoms with E-state index < -0.39 is 0 Å². The van der Waals surface area contributed by atoms with Gasteiger partial charge in [-0.1, -0.05) is 57.2 Å². The first-order chi connectivity index (χ1) is 13.4. The number of nitrogens with one attached hydrogen (secondary N) is 1. The van der Waals surface area contributed by atoms with E-state index in [2.05, 4.69) is 48.2 Å². The van der Waals surface area contributed by atoms with Crippen LogP contribution in [0.15, 0.2) is 60.9 Å². The number of nitrogens with zero attached hydrogens (tertiary/aromatic N) is 3. The molecule has 0 radical (unpaired) electrons. The highest BCUT2D eigenvalue weighted by Gasteiger charge is 2.26. The van der Waals surface area contributed by atoms with Crippen molar-refractivity contribution in [2.75, 3.05) is 16.8 Å². The SMILES string of the molecule is CC(C)(C)c1ccccc1Nc1cnc(C(=O)N2CCc3ccccc32)cn1. The first-order valence-corrected chi connectivity index (χ1v) is 9.52. The first kappa shape index (κ1) is 18.2. The number of aromatic nitrogens is 2. The quantitative estimate of drug-likeness (QED) is 0.723. The highest BCUT2D eigenvalue weighted by atomic mass is 16.2. The molecule has 3 aromatic rings. The van der Waals surface area contributed by atoms with Gasteiger partial charge >= 0.3 is 0 Å². The minimum atomic E-state index is -0.112. The third-order valence-corrected chi connectivity index (χ3v) is 5.00. The summed E-state index contributed by atoms with van der Waals surface area (Å²) in [4.78, 5) is 23.4. The smallest absolute Gasteiger partial charge is 0.278 e. The van der Waals surface area contributed by atoms with Crippen LogP contribution in [0.3, 0.4) is 0 Å². The van der Waals surface area contributed by atoms with E-state index in [0.717, 1.165) is 17.8 Å². The lowest BCUT2D eigenvalue weighted by Crippen LogP contribution is -2.29. The molecule has 1 N–H and O–H groups in total. The van der Waals surface area contributed by atoms with Gasteiger partial charge in [-0.3, -0.25) is 4.79 Å². The lowest BCUT2D eigenvalue weighted by molar-refractivity contribution is 0.0984. The summed E-state index contributed by atoms with van der Waals surface area (Å²) >= 11 is 0. The van der Waals surface area contributed by atoms with Crippen LogP contribution in [0.2, 0.25) is 0 Å². The zero-order chi connectivity index (χ0) is 19.7. The van der Waals surface area contributed by atoms with Crippen LogP contribution in [-0.2, 0) is 11.8 Å². The van der Waals surface area contributed by atoms with Crippen LogP contribution in [0.4, 0.5) is 17.2 Å². The lowest BCUT2D eigenvalue weighted by atomic mass is 9.86. The Labute approximate surface area is 165 Å². The molecule has 5 nitrogen and oxygen atoms in total. The van der Waals surface area contributed by atoms with Gasteiger partial charge in [-0.15, -0.1) is 0 Å². The van der Waals surface area contributed by atoms with Crippen molar-refractivity contribution in [1.29, 1.82) is 0 Å². The predicted molar refractivity (Wildman–Crippen MR) is 112 cm³/mol. The van der Waals surface area contributed by atoms with E-state index in [1.54, 1.807) is 17.3 Å². The molecule has 1 aliphatic heterocycles. The number of hydrogen-bond acceptors (Lipinski definition) is 4. The van der Waals surface area contributed by atoms with Crippen LogP contribution < -0.4 is 10.2 Å². The molecular formula is C23H24N4O. The van der Waals surface area contributed by atoms with Crippen molar-refractivity contribution in [2.45, 2.75) is 32.6 Å². The van der Waals surface area contributed by atoms with E-state index in [1.807, 2.05) is 36.4 Å².